The molecule has 0 aromatic heterocycles. The third kappa shape index (κ3) is 4.43. The Morgan fingerprint density at radius 3 is 2.67 bits per heavy atom. The molecule has 0 bridgehead atoms. The van der Waals surface area contributed by atoms with Gasteiger partial charge in [-0.3, -0.25) is 0 Å². The van der Waals surface area contributed by atoms with Gasteiger partial charge in [0.1, 0.15) is 5.82 Å². The van der Waals surface area contributed by atoms with Crippen molar-refractivity contribution in [1.82, 2.24) is 4.90 Å². The van der Waals surface area contributed by atoms with E-state index in [-0.39, 0.29) is 29.5 Å². The normalized spacial score (nSPS) is 25.5. The molecule has 3 rings (SSSR count). The highest BCUT2D eigenvalue weighted by atomic mass is 32.2. The van der Waals surface area contributed by atoms with E-state index in [0.717, 1.165) is 19.4 Å². The number of thiocarbonyl (C=S) groups is 1. The predicted octanol–water partition coefficient (Wildman–Crippen LogP) is 2.19. The molecule has 2 aliphatic heterocycles. The van der Waals surface area contributed by atoms with Crippen LogP contribution in [-0.4, -0.2) is 55.2 Å². The molecule has 0 radical (unpaired) electrons. The number of hydrogen-bond acceptors (Lipinski definition) is 4. The molecule has 0 unspecified atom stereocenters. The Morgan fingerprint density at radius 1 is 1.33 bits per heavy atom. The fraction of sp³-hybridized carbons (Fsp3) is 0.562. The van der Waals surface area contributed by atoms with Gasteiger partial charge in [0, 0.05) is 24.9 Å². The zero-order valence-electron chi connectivity index (χ0n) is 13.3. The Balaban J connectivity index is 1.72. The largest absolute Gasteiger partial charge is 0.376 e. The molecule has 24 heavy (non-hydrogen) atoms. The van der Waals surface area contributed by atoms with E-state index >= 15 is 0 Å². The van der Waals surface area contributed by atoms with Crippen LogP contribution in [0.1, 0.15) is 19.3 Å². The van der Waals surface area contributed by atoms with Crippen molar-refractivity contribution >= 4 is 32.9 Å². The topological polar surface area (TPSA) is 58.6 Å². The van der Waals surface area contributed by atoms with Crippen molar-refractivity contribution in [3.05, 3.63) is 30.1 Å². The first-order chi connectivity index (χ1) is 11.4. The van der Waals surface area contributed by atoms with E-state index in [1.165, 1.54) is 12.1 Å². The van der Waals surface area contributed by atoms with Crippen molar-refractivity contribution in [2.45, 2.75) is 31.4 Å². The number of rotatable bonds is 4. The van der Waals surface area contributed by atoms with Gasteiger partial charge in [-0.2, -0.15) is 0 Å². The molecule has 0 aliphatic carbocycles. The molecule has 1 aromatic rings. The summed E-state index contributed by atoms with van der Waals surface area (Å²) in [6.45, 7) is 1.31. The van der Waals surface area contributed by atoms with Gasteiger partial charge in [-0.25, -0.2) is 12.8 Å². The second-order valence-corrected chi connectivity index (χ2v) is 8.90. The standard InChI is InChI=1S/C16H21FN2O3S2/c17-12-3-5-13(6-4-12)18-16(23)19(10-15-2-1-8-22-15)14-7-9-24(20,21)11-14/h3-6,14-15H,1-2,7-11H2,(H,18,23)/t14-,15-/m0/s1. The van der Waals surface area contributed by atoms with Gasteiger partial charge in [-0.1, -0.05) is 0 Å². The van der Waals surface area contributed by atoms with E-state index in [1.807, 2.05) is 4.90 Å². The molecule has 1 N–H and O–H groups in total. The molecule has 2 saturated heterocycles. The Labute approximate surface area is 147 Å². The molecule has 0 spiro atoms. The molecule has 132 valence electrons. The van der Waals surface area contributed by atoms with Crippen LogP contribution < -0.4 is 5.32 Å². The van der Waals surface area contributed by atoms with E-state index in [9.17, 15) is 12.8 Å². The lowest BCUT2D eigenvalue weighted by Crippen LogP contribution is -2.47. The molecule has 0 amide bonds. The van der Waals surface area contributed by atoms with Gasteiger partial charge in [0.2, 0.25) is 0 Å². The lowest BCUT2D eigenvalue weighted by molar-refractivity contribution is 0.0851. The highest BCUT2D eigenvalue weighted by Gasteiger charge is 2.35. The van der Waals surface area contributed by atoms with Gasteiger partial charge in [-0.05, 0) is 55.7 Å². The SMILES string of the molecule is O=S1(=O)CC[C@H](N(C[C@@H]2CCCO2)C(=S)Nc2ccc(F)cc2)C1. The van der Waals surface area contributed by atoms with E-state index in [1.54, 1.807) is 12.1 Å². The lowest BCUT2D eigenvalue weighted by Gasteiger charge is -2.33. The second kappa shape index (κ2) is 7.33. The van der Waals surface area contributed by atoms with Gasteiger partial charge in [0.05, 0.1) is 17.6 Å². The fourth-order valence-electron chi connectivity index (χ4n) is 3.16. The Hall–Kier alpha value is -1.25. The maximum Gasteiger partial charge on any atom is 0.173 e. The van der Waals surface area contributed by atoms with Gasteiger partial charge in [-0.15, -0.1) is 0 Å². The van der Waals surface area contributed by atoms with Crippen LogP contribution in [0.3, 0.4) is 0 Å². The molecular weight excluding hydrogens is 351 g/mol. The van der Waals surface area contributed by atoms with Crippen LogP contribution in [0.25, 0.3) is 0 Å². The molecule has 5 nitrogen and oxygen atoms in total. The van der Waals surface area contributed by atoms with Crippen LogP contribution in [0, 0.1) is 5.82 Å². The molecular formula is C16H21FN2O3S2. The van der Waals surface area contributed by atoms with Crippen LogP contribution in [0.4, 0.5) is 10.1 Å². The minimum Gasteiger partial charge on any atom is -0.376 e. The smallest absolute Gasteiger partial charge is 0.173 e. The molecule has 0 saturated carbocycles. The van der Waals surface area contributed by atoms with Crippen molar-refractivity contribution in [3.8, 4) is 0 Å². The molecule has 2 aliphatic rings. The Kier molecular flexibility index (Phi) is 5.36. The van der Waals surface area contributed by atoms with Gasteiger partial charge in [0.15, 0.2) is 14.9 Å². The number of halogens is 1. The first-order valence-electron chi connectivity index (χ1n) is 8.08. The molecule has 8 heteroatoms. The van der Waals surface area contributed by atoms with E-state index in [2.05, 4.69) is 5.32 Å². The number of anilines is 1. The van der Waals surface area contributed by atoms with Crippen LogP contribution in [0.2, 0.25) is 0 Å². The van der Waals surface area contributed by atoms with E-state index in [0.29, 0.717) is 23.8 Å². The summed E-state index contributed by atoms with van der Waals surface area (Å²) in [5.74, 6) is -0.00588. The van der Waals surface area contributed by atoms with Crippen LogP contribution in [0.5, 0.6) is 0 Å². The minimum absolute atomic E-state index is 0.0706. The first-order valence-corrected chi connectivity index (χ1v) is 10.3. The summed E-state index contributed by atoms with van der Waals surface area (Å²) in [6, 6.07) is 5.79. The van der Waals surface area contributed by atoms with Crippen molar-refractivity contribution in [2.24, 2.45) is 0 Å². The van der Waals surface area contributed by atoms with E-state index < -0.39 is 9.84 Å². The maximum absolute atomic E-state index is 13.0. The van der Waals surface area contributed by atoms with Crippen molar-refractivity contribution in [2.75, 3.05) is 30.0 Å². The van der Waals surface area contributed by atoms with Crippen LogP contribution in [-0.2, 0) is 14.6 Å². The highest BCUT2D eigenvalue weighted by molar-refractivity contribution is 7.91. The molecule has 2 fully saturated rings. The molecule has 2 heterocycles. The third-order valence-electron chi connectivity index (χ3n) is 4.43. The number of nitrogens with one attached hydrogen (secondary N) is 1. The van der Waals surface area contributed by atoms with Crippen LogP contribution in [0.15, 0.2) is 24.3 Å². The maximum atomic E-state index is 13.0. The number of benzene rings is 1. The summed E-state index contributed by atoms with van der Waals surface area (Å²) < 4.78 is 42.4. The van der Waals surface area contributed by atoms with Gasteiger partial charge < -0.3 is 15.0 Å². The van der Waals surface area contributed by atoms with Gasteiger partial charge >= 0.3 is 0 Å². The highest BCUT2D eigenvalue weighted by Crippen LogP contribution is 2.22. The minimum atomic E-state index is -3.01. The van der Waals surface area contributed by atoms with Gasteiger partial charge in [0.25, 0.3) is 0 Å². The summed E-state index contributed by atoms with van der Waals surface area (Å²) >= 11 is 5.51. The number of nitrogens with zero attached hydrogens (tertiary/aromatic N) is 1. The summed E-state index contributed by atoms with van der Waals surface area (Å²) in [4.78, 5) is 1.93. The molecule has 1 aromatic carbocycles. The zero-order valence-corrected chi connectivity index (χ0v) is 14.9. The quantitative estimate of drug-likeness (QED) is 0.818. The fourth-order valence-corrected chi connectivity index (χ4v) is 5.23. The Bertz CT molecular complexity index is 688. The van der Waals surface area contributed by atoms with E-state index in [4.69, 9.17) is 17.0 Å². The van der Waals surface area contributed by atoms with Crippen molar-refractivity contribution in [1.29, 1.82) is 0 Å². The summed E-state index contributed by atoms with van der Waals surface area (Å²) in [5, 5.41) is 3.55. The molecule has 2 atom stereocenters. The number of sulfone groups is 1. The lowest BCUT2D eigenvalue weighted by atomic mass is 10.2. The van der Waals surface area contributed by atoms with Crippen molar-refractivity contribution < 1.29 is 17.5 Å². The third-order valence-corrected chi connectivity index (χ3v) is 6.52. The van der Waals surface area contributed by atoms with Crippen LogP contribution >= 0.6 is 12.2 Å². The first kappa shape index (κ1) is 17.6. The monoisotopic (exact) mass is 372 g/mol. The number of ether oxygens (including phenoxy) is 1. The second-order valence-electron chi connectivity index (χ2n) is 6.28. The summed E-state index contributed by atoms with van der Waals surface area (Å²) in [5.41, 5.74) is 0.680. The zero-order chi connectivity index (χ0) is 17.2. The van der Waals surface area contributed by atoms with Crippen molar-refractivity contribution in [3.63, 3.8) is 0 Å². The average molecular weight is 372 g/mol. The average Bonchev–Trinajstić information content (AvgIpc) is 3.16. The Morgan fingerprint density at radius 2 is 2.08 bits per heavy atom. The predicted molar refractivity (Wildman–Crippen MR) is 95.4 cm³/mol. The number of hydrogen-bond donors (Lipinski definition) is 1. The summed E-state index contributed by atoms with van der Waals surface area (Å²) in [7, 11) is -3.01. The summed E-state index contributed by atoms with van der Waals surface area (Å²) in [6.07, 6.45) is 2.61.